The fourth-order valence-corrected chi connectivity index (χ4v) is 2.89. The number of hydrogen-bond acceptors (Lipinski definition) is 6. The van der Waals surface area contributed by atoms with Crippen LogP contribution >= 0.6 is 0 Å². The molecule has 0 spiro atoms. The van der Waals surface area contributed by atoms with Gasteiger partial charge in [0.15, 0.2) is 17.6 Å². The van der Waals surface area contributed by atoms with Crippen LogP contribution in [0.15, 0.2) is 41.2 Å². The van der Waals surface area contributed by atoms with Gasteiger partial charge in [0.1, 0.15) is 17.9 Å². The zero-order valence-electron chi connectivity index (χ0n) is 14.4. The summed E-state index contributed by atoms with van der Waals surface area (Å²) in [4.78, 5) is 12.4. The molecule has 1 aliphatic rings. The van der Waals surface area contributed by atoms with Crippen molar-refractivity contribution in [1.82, 2.24) is 14.9 Å². The summed E-state index contributed by atoms with van der Waals surface area (Å²) in [6, 6.07) is 7.56. The van der Waals surface area contributed by atoms with Crippen molar-refractivity contribution >= 4 is 11.6 Å². The maximum absolute atomic E-state index is 12.4. The molecule has 1 amide bonds. The van der Waals surface area contributed by atoms with E-state index in [1.54, 1.807) is 30.9 Å². The number of nitrogens with one attached hydrogen (secondary N) is 1. The first-order valence-electron chi connectivity index (χ1n) is 8.25. The monoisotopic (exact) mass is 354 g/mol. The Bertz CT molecular complexity index is 927. The molecule has 2 aromatic heterocycles. The third kappa shape index (κ3) is 3.13. The zero-order valence-corrected chi connectivity index (χ0v) is 14.4. The Hall–Kier alpha value is -3.29. The fourth-order valence-electron chi connectivity index (χ4n) is 2.89. The van der Waals surface area contributed by atoms with Gasteiger partial charge < -0.3 is 19.3 Å². The van der Waals surface area contributed by atoms with Crippen LogP contribution in [-0.4, -0.2) is 33.6 Å². The number of carbonyl (C=O) groups excluding carboxylic acids is 1. The summed E-state index contributed by atoms with van der Waals surface area (Å²) in [7, 11) is 0. The highest BCUT2D eigenvalue weighted by atomic mass is 16.6. The zero-order chi connectivity index (χ0) is 18.1. The number of rotatable bonds is 4. The molecule has 0 radical (unpaired) electrons. The van der Waals surface area contributed by atoms with Crippen LogP contribution in [0.2, 0.25) is 0 Å². The molecule has 3 heterocycles. The van der Waals surface area contributed by atoms with Gasteiger partial charge in [-0.15, -0.1) is 0 Å². The van der Waals surface area contributed by atoms with Gasteiger partial charge in [0.2, 0.25) is 0 Å². The van der Waals surface area contributed by atoms with Gasteiger partial charge in [-0.1, -0.05) is 17.3 Å². The van der Waals surface area contributed by atoms with Crippen LogP contribution in [-0.2, 0) is 6.54 Å². The van der Waals surface area contributed by atoms with E-state index in [0.29, 0.717) is 35.9 Å². The second-order valence-electron chi connectivity index (χ2n) is 6.10. The van der Waals surface area contributed by atoms with Crippen LogP contribution in [0, 0.1) is 13.8 Å². The summed E-state index contributed by atoms with van der Waals surface area (Å²) < 4.78 is 18.4. The molecule has 26 heavy (non-hydrogen) atoms. The Labute approximate surface area is 149 Å². The Balaban J connectivity index is 1.40. The Kier molecular flexibility index (Phi) is 4.08. The van der Waals surface area contributed by atoms with Crippen molar-refractivity contribution in [3.05, 3.63) is 53.7 Å². The first kappa shape index (κ1) is 16.2. The van der Waals surface area contributed by atoms with Gasteiger partial charge in [-0.3, -0.25) is 9.48 Å². The molecule has 8 nitrogen and oxygen atoms in total. The molecule has 0 aliphatic carbocycles. The lowest BCUT2D eigenvalue weighted by Gasteiger charge is -2.26. The molecule has 1 N–H and O–H groups in total. The van der Waals surface area contributed by atoms with E-state index in [1.165, 1.54) is 0 Å². The minimum atomic E-state index is -0.271. The van der Waals surface area contributed by atoms with E-state index in [2.05, 4.69) is 15.6 Å². The summed E-state index contributed by atoms with van der Waals surface area (Å²) in [6.07, 6.45) is 3.18. The Morgan fingerprint density at radius 1 is 1.31 bits per heavy atom. The average Bonchev–Trinajstić information content (AvgIpc) is 3.20. The van der Waals surface area contributed by atoms with E-state index in [1.807, 2.05) is 24.3 Å². The number of aromatic nitrogens is 3. The number of carbonyl (C=O) groups is 1. The molecule has 4 rings (SSSR count). The number of fused-ring (bicyclic) bond motifs is 1. The van der Waals surface area contributed by atoms with E-state index < -0.39 is 0 Å². The van der Waals surface area contributed by atoms with Crippen molar-refractivity contribution in [1.29, 1.82) is 0 Å². The SMILES string of the molecule is Cc1noc(C)c1C(=O)Nc1cnn(CC2COc3ccccc3O2)c1. The highest BCUT2D eigenvalue weighted by Gasteiger charge is 2.22. The topological polar surface area (TPSA) is 91.4 Å². The predicted molar refractivity (Wildman–Crippen MR) is 92.5 cm³/mol. The van der Waals surface area contributed by atoms with E-state index in [-0.39, 0.29) is 12.0 Å². The molecule has 3 aromatic rings. The first-order chi connectivity index (χ1) is 12.6. The molecule has 1 aliphatic heterocycles. The summed E-state index contributed by atoms with van der Waals surface area (Å²) in [5.41, 5.74) is 1.59. The number of amides is 1. The predicted octanol–water partition coefficient (Wildman–Crippen LogP) is 2.58. The molecule has 0 fully saturated rings. The largest absolute Gasteiger partial charge is 0.486 e. The number of ether oxygens (including phenoxy) is 2. The van der Waals surface area contributed by atoms with Gasteiger partial charge in [0.25, 0.3) is 5.91 Å². The summed E-state index contributed by atoms with van der Waals surface area (Å²) in [6.45, 7) is 4.39. The van der Waals surface area contributed by atoms with Gasteiger partial charge >= 0.3 is 0 Å². The number of anilines is 1. The quantitative estimate of drug-likeness (QED) is 0.774. The molecule has 0 bridgehead atoms. The maximum atomic E-state index is 12.4. The second-order valence-corrected chi connectivity index (χ2v) is 6.10. The molecule has 1 unspecified atom stereocenters. The number of benzene rings is 1. The third-order valence-corrected chi connectivity index (χ3v) is 4.11. The van der Waals surface area contributed by atoms with Gasteiger partial charge in [0, 0.05) is 6.20 Å². The van der Waals surface area contributed by atoms with Crippen LogP contribution in [0.5, 0.6) is 11.5 Å². The highest BCUT2D eigenvalue weighted by Crippen LogP contribution is 2.31. The van der Waals surface area contributed by atoms with E-state index >= 15 is 0 Å². The molecular weight excluding hydrogens is 336 g/mol. The van der Waals surface area contributed by atoms with Gasteiger partial charge in [-0.25, -0.2) is 0 Å². The number of para-hydroxylation sites is 2. The molecule has 0 saturated heterocycles. The van der Waals surface area contributed by atoms with Crippen molar-refractivity contribution in [3.8, 4) is 11.5 Å². The normalized spacial score (nSPS) is 15.7. The standard InChI is InChI=1S/C18H18N4O4/c1-11-17(12(2)26-21-11)18(23)20-13-7-19-22(8-13)9-14-10-24-15-5-3-4-6-16(15)25-14/h3-8,14H,9-10H2,1-2H3,(H,20,23). The van der Waals surface area contributed by atoms with E-state index in [9.17, 15) is 4.79 Å². The third-order valence-electron chi connectivity index (χ3n) is 4.11. The van der Waals surface area contributed by atoms with Gasteiger partial charge in [0.05, 0.1) is 24.1 Å². The summed E-state index contributed by atoms with van der Waals surface area (Å²) in [5.74, 6) is 1.69. The van der Waals surface area contributed by atoms with E-state index in [0.717, 1.165) is 11.5 Å². The number of nitrogens with zero attached hydrogens (tertiary/aromatic N) is 3. The van der Waals surface area contributed by atoms with Crippen molar-refractivity contribution in [2.45, 2.75) is 26.5 Å². The lowest BCUT2D eigenvalue weighted by Crippen LogP contribution is -2.33. The minimum Gasteiger partial charge on any atom is -0.486 e. The van der Waals surface area contributed by atoms with Gasteiger partial charge in [-0.05, 0) is 26.0 Å². The summed E-state index contributed by atoms with van der Waals surface area (Å²) in [5, 5.41) is 10.9. The smallest absolute Gasteiger partial charge is 0.261 e. The maximum Gasteiger partial charge on any atom is 0.261 e. The molecule has 1 aromatic carbocycles. The Morgan fingerprint density at radius 2 is 2.12 bits per heavy atom. The average molecular weight is 354 g/mol. The fraction of sp³-hybridized carbons (Fsp3) is 0.278. The number of hydrogen-bond donors (Lipinski definition) is 1. The molecule has 8 heteroatoms. The van der Waals surface area contributed by atoms with Crippen LogP contribution in [0.1, 0.15) is 21.8 Å². The van der Waals surface area contributed by atoms with Crippen molar-refractivity contribution in [3.63, 3.8) is 0 Å². The lowest BCUT2D eigenvalue weighted by molar-refractivity contribution is 0.0759. The van der Waals surface area contributed by atoms with Crippen molar-refractivity contribution < 1.29 is 18.8 Å². The van der Waals surface area contributed by atoms with Crippen LogP contribution in [0.3, 0.4) is 0 Å². The van der Waals surface area contributed by atoms with Crippen molar-refractivity contribution in [2.24, 2.45) is 0 Å². The van der Waals surface area contributed by atoms with Crippen molar-refractivity contribution in [2.75, 3.05) is 11.9 Å². The van der Waals surface area contributed by atoms with Crippen LogP contribution < -0.4 is 14.8 Å². The molecular formula is C18H18N4O4. The lowest BCUT2D eigenvalue weighted by atomic mass is 10.2. The second kappa shape index (κ2) is 6.55. The number of aryl methyl sites for hydroxylation is 2. The van der Waals surface area contributed by atoms with Crippen LogP contribution in [0.25, 0.3) is 0 Å². The molecule has 1 atom stereocenters. The van der Waals surface area contributed by atoms with Gasteiger partial charge in [-0.2, -0.15) is 5.10 Å². The minimum absolute atomic E-state index is 0.157. The Morgan fingerprint density at radius 3 is 2.88 bits per heavy atom. The van der Waals surface area contributed by atoms with E-state index in [4.69, 9.17) is 14.0 Å². The highest BCUT2D eigenvalue weighted by molar-refractivity contribution is 6.05. The molecule has 0 saturated carbocycles. The summed E-state index contributed by atoms with van der Waals surface area (Å²) >= 11 is 0. The molecule has 134 valence electrons. The van der Waals surface area contributed by atoms with Crippen LogP contribution in [0.4, 0.5) is 5.69 Å². The first-order valence-corrected chi connectivity index (χ1v) is 8.25.